The molecule has 9 nitrogen and oxygen atoms in total. The number of carbonyl (C=O) groups excluding carboxylic acids is 1. The maximum atomic E-state index is 14.1. The van der Waals surface area contributed by atoms with Gasteiger partial charge in [-0.15, -0.1) is 0 Å². The van der Waals surface area contributed by atoms with Crippen LogP contribution in [0.4, 0.5) is 4.79 Å². The predicted molar refractivity (Wildman–Crippen MR) is 180 cm³/mol. The van der Waals surface area contributed by atoms with Gasteiger partial charge in [0.05, 0.1) is 9.92 Å². The lowest BCUT2D eigenvalue weighted by Gasteiger charge is -2.45. The van der Waals surface area contributed by atoms with Crippen molar-refractivity contribution in [2.45, 2.75) is 93.4 Å². The van der Waals surface area contributed by atoms with Crippen LogP contribution in [-0.4, -0.2) is 90.4 Å². The van der Waals surface area contributed by atoms with E-state index in [-0.39, 0.29) is 28.6 Å². The number of hydrogen-bond donors (Lipinski definition) is 1. The van der Waals surface area contributed by atoms with Crippen LogP contribution in [-0.2, 0) is 16.4 Å². The van der Waals surface area contributed by atoms with E-state index < -0.39 is 15.2 Å². The predicted octanol–water partition coefficient (Wildman–Crippen LogP) is 5.95. The summed E-state index contributed by atoms with van der Waals surface area (Å²) in [5.74, 6) is 0.558. The van der Waals surface area contributed by atoms with Gasteiger partial charge >= 0.3 is 6.03 Å². The van der Waals surface area contributed by atoms with Crippen molar-refractivity contribution in [3.8, 4) is 5.75 Å². The first-order valence-electron chi connectivity index (χ1n) is 16.3. The van der Waals surface area contributed by atoms with Gasteiger partial charge in [0.2, 0.25) is 9.84 Å². The second-order valence-corrected chi connectivity index (χ2v) is 16.3. The van der Waals surface area contributed by atoms with Gasteiger partial charge in [0.25, 0.3) is 0 Å². The fraction of sp³-hybridized carbons (Fsp3) is 0.529. The molecule has 1 N–H and O–H groups in total. The lowest BCUT2D eigenvalue weighted by Crippen LogP contribution is -2.65. The molecule has 2 amide bonds. The normalized spacial score (nSPS) is 25.3. The molecule has 3 aromatic rings. The molecule has 4 saturated heterocycles. The van der Waals surface area contributed by atoms with Crippen molar-refractivity contribution >= 4 is 50.0 Å². The molecule has 46 heavy (non-hydrogen) atoms. The van der Waals surface area contributed by atoms with Gasteiger partial charge in [-0.25, -0.2) is 18.2 Å². The number of amides is 2. The molecule has 4 fully saturated rings. The number of ether oxygens (including phenoxy) is 1. The summed E-state index contributed by atoms with van der Waals surface area (Å²) < 4.78 is 34.4. The van der Waals surface area contributed by atoms with Gasteiger partial charge in [0, 0.05) is 65.5 Å². The molecule has 4 aliphatic rings. The van der Waals surface area contributed by atoms with E-state index in [9.17, 15) is 13.2 Å². The molecule has 0 saturated carbocycles. The van der Waals surface area contributed by atoms with Crippen molar-refractivity contribution < 1.29 is 17.9 Å². The minimum absolute atomic E-state index is 0.0210. The molecule has 1 aromatic heterocycles. The first-order valence-corrected chi connectivity index (χ1v) is 18.6. The largest absolute Gasteiger partial charge is 0.487 e. The van der Waals surface area contributed by atoms with Crippen LogP contribution in [0.5, 0.6) is 5.75 Å². The number of hydrogen-bond acceptors (Lipinski definition) is 7. The average Bonchev–Trinajstić information content (AvgIpc) is 3.56. The van der Waals surface area contributed by atoms with Crippen molar-refractivity contribution in [3.05, 3.63) is 63.3 Å². The van der Waals surface area contributed by atoms with E-state index in [1.54, 1.807) is 4.90 Å². The lowest BCUT2D eigenvalue weighted by atomic mass is 9.96. The molecule has 2 bridgehead atoms. The molecule has 0 aliphatic carbocycles. The number of halogens is 2. The van der Waals surface area contributed by atoms with Crippen LogP contribution in [0.25, 0.3) is 10.9 Å². The highest BCUT2D eigenvalue weighted by atomic mass is 35.5. The quantitative estimate of drug-likeness (QED) is 0.328. The summed E-state index contributed by atoms with van der Waals surface area (Å²) >= 11 is 13.4. The number of urea groups is 1. The van der Waals surface area contributed by atoms with Crippen LogP contribution in [0.2, 0.25) is 10.0 Å². The standard InChI is InChI=1S/C34H41Cl2N5O4S/c1-20-14-21(2)37-33-26(20)6-4-7-29(33)45-19-27-28(35)11-12-30(32(27)36)46(43,44)31-8-5-13-41(31)34(42)40-17-23(18-40)38-22-15-24-9-10-25(16-22)39(24)3/h4,6-7,11-12,14,22-25,31,38H,5,8-10,13,15-19H2,1-3H3/t22?,24?,25?,31-/m0/s1. The van der Waals surface area contributed by atoms with Gasteiger partial charge in [0.1, 0.15) is 23.2 Å². The molecule has 0 radical (unpaired) electrons. The number of para-hydroxylation sites is 1. The first-order chi connectivity index (χ1) is 22.0. The third-order valence-corrected chi connectivity index (χ3v) is 13.5. The Bertz CT molecular complexity index is 1770. The summed E-state index contributed by atoms with van der Waals surface area (Å²) in [6.07, 6.45) is 5.80. The monoisotopic (exact) mass is 685 g/mol. The molecule has 12 heteroatoms. The minimum Gasteiger partial charge on any atom is -0.487 e. The molecule has 7 rings (SSSR count). The van der Waals surface area contributed by atoms with Gasteiger partial charge in [-0.05, 0) is 89.2 Å². The Kier molecular flexibility index (Phi) is 8.63. The fourth-order valence-corrected chi connectivity index (χ4v) is 10.7. The topological polar surface area (TPSA) is 95.1 Å². The molecule has 4 aliphatic heterocycles. The Morgan fingerprint density at radius 3 is 2.52 bits per heavy atom. The molecule has 2 aromatic carbocycles. The highest BCUT2D eigenvalue weighted by molar-refractivity contribution is 7.92. The van der Waals surface area contributed by atoms with Crippen molar-refractivity contribution in [2.75, 3.05) is 26.7 Å². The highest BCUT2D eigenvalue weighted by Crippen LogP contribution is 2.38. The number of pyridine rings is 1. The Morgan fingerprint density at radius 1 is 1.04 bits per heavy atom. The number of nitrogens with one attached hydrogen (secondary N) is 1. The van der Waals surface area contributed by atoms with Gasteiger partial charge in [0.15, 0.2) is 0 Å². The zero-order valence-corrected chi connectivity index (χ0v) is 28.8. The van der Waals surface area contributed by atoms with E-state index in [1.807, 2.05) is 38.1 Å². The second-order valence-electron chi connectivity index (χ2n) is 13.5. The number of sulfone groups is 1. The summed E-state index contributed by atoms with van der Waals surface area (Å²) in [4.78, 5) is 24.0. The number of rotatable bonds is 7. The van der Waals surface area contributed by atoms with E-state index in [0.717, 1.165) is 35.0 Å². The summed E-state index contributed by atoms with van der Waals surface area (Å²) in [6, 6.07) is 12.5. The van der Waals surface area contributed by atoms with Crippen LogP contribution < -0.4 is 10.1 Å². The highest BCUT2D eigenvalue weighted by Gasteiger charge is 2.45. The minimum atomic E-state index is -4.00. The van der Waals surface area contributed by atoms with Crippen LogP contribution in [0.3, 0.4) is 0 Å². The van der Waals surface area contributed by atoms with Crippen molar-refractivity contribution in [1.82, 2.24) is 25.0 Å². The number of aromatic nitrogens is 1. The number of fused-ring (bicyclic) bond motifs is 3. The Labute approximate surface area is 281 Å². The Morgan fingerprint density at radius 2 is 1.78 bits per heavy atom. The van der Waals surface area contributed by atoms with Gasteiger partial charge in [-0.3, -0.25) is 0 Å². The van der Waals surface area contributed by atoms with Crippen LogP contribution >= 0.6 is 23.2 Å². The SMILES string of the molecule is Cc1cc(C)c2cccc(OCc3c(Cl)ccc(S(=O)(=O)[C@H]4CCCN4C(=O)N4CC(NC5CC6CCC(C5)N6C)C4)c3Cl)c2n1. The maximum Gasteiger partial charge on any atom is 0.321 e. The van der Waals surface area contributed by atoms with Gasteiger partial charge in [-0.2, -0.15) is 0 Å². The molecule has 5 heterocycles. The average molecular weight is 687 g/mol. The van der Waals surface area contributed by atoms with Crippen molar-refractivity contribution in [1.29, 1.82) is 0 Å². The Balaban J connectivity index is 1.03. The van der Waals surface area contributed by atoms with E-state index in [1.165, 1.54) is 29.9 Å². The number of carbonyl (C=O) groups is 1. The van der Waals surface area contributed by atoms with E-state index in [0.29, 0.717) is 66.9 Å². The van der Waals surface area contributed by atoms with Crippen LogP contribution in [0.15, 0.2) is 41.3 Å². The molecular formula is C34H41Cl2N5O4S. The fourth-order valence-electron chi connectivity index (χ4n) is 7.98. The van der Waals surface area contributed by atoms with E-state index in [2.05, 4.69) is 22.2 Å². The number of nitrogens with zero attached hydrogens (tertiary/aromatic N) is 4. The molecular weight excluding hydrogens is 645 g/mol. The van der Waals surface area contributed by atoms with Crippen molar-refractivity contribution in [2.24, 2.45) is 0 Å². The van der Waals surface area contributed by atoms with Crippen molar-refractivity contribution in [3.63, 3.8) is 0 Å². The first kappa shape index (κ1) is 31.9. The zero-order chi connectivity index (χ0) is 32.3. The summed E-state index contributed by atoms with van der Waals surface area (Å²) in [5, 5.41) is 4.09. The molecule has 0 spiro atoms. The zero-order valence-electron chi connectivity index (χ0n) is 26.5. The maximum absolute atomic E-state index is 14.1. The molecule has 3 atom stereocenters. The summed E-state index contributed by atoms with van der Waals surface area (Å²) in [6.45, 7) is 5.49. The summed E-state index contributed by atoms with van der Waals surface area (Å²) in [7, 11) is -1.76. The third-order valence-electron chi connectivity index (χ3n) is 10.5. The lowest BCUT2D eigenvalue weighted by molar-refractivity contribution is 0.0868. The smallest absolute Gasteiger partial charge is 0.321 e. The Hall–Kier alpha value is -2.63. The number of likely N-dealkylation sites (tertiary alicyclic amines) is 2. The third kappa shape index (κ3) is 5.74. The van der Waals surface area contributed by atoms with Crippen LogP contribution in [0.1, 0.15) is 55.3 Å². The van der Waals surface area contributed by atoms with Gasteiger partial charge < -0.3 is 24.8 Å². The van der Waals surface area contributed by atoms with Gasteiger partial charge in [-0.1, -0.05) is 35.3 Å². The second kappa shape index (κ2) is 12.4. The molecule has 2 unspecified atom stereocenters. The number of piperidine rings is 1. The van der Waals surface area contributed by atoms with E-state index >= 15 is 0 Å². The molecule has 246 valence electrons. The number of aryl methyl sites for hydroxylation is 2. The van der Waals surface area contributed by atoms with Crippen LogP contribution in [0, 0.1) is 13.8 Å². The summed E-state index contributed by atoms with van der Waals surface area (Å²) in [5.41, 5.74) is 3.05. The van der Waals surface area contributed by atoms with E-state index in [4.69, 9.17) is 27.9 Å². The number of benzene rings is 2.